The maximum absolute atomic E-state index is 11.4. The van der Waals surface area contributed by atoms with Gasteiger partial charge in [0, 0.05) is 19.6 Å². The lowest BCUT2D eigenvalue weighted by Gasteiger charge is -2.19. The molecule has 0 aromatic heterocycles. The first kappa shape index (κ1) is 27.2. The predicted octanol–water partition coefficient (Wildman–Crippen LogP) is 0.766. The summed E-state index contributed by atoms with van der Waals surface area (Å²) in [6.07, 6.45) is 0.468. The number of esters is 1. The van der Waals surface area contributed by atoms with Crippen LogP contribution in [0.1, 0.15) is 40.0 Å². The lowest BCUT2D eigenvalue weighted by molar-refractivity contribution is -0.160. The van der Waals surface area contributed by atoms with Gasteiger partial charge in [0.2, 0.25) is 5.91 Å². The fourth-order valence-corrected chi connectivity index (χ4v) is 1.90. The van der Waals surface area contributed by atoms with E-state index in [-0.39, 0.29) is 25.4 Å². The Kier molecular flexibility index (Phi) is 16.1. The van der Waals surface area contributed by atoms with Gasteiger partial charge >= 0.3 is 11.9 Å². The molecular weight excluding hydrogens is 386 g/mol. The Morgan fingerprint density at radius 1 is 0.793 bits per heavy atom. The molecule has 10 nitrogen and oxygen atoms in total. The first-order valence-corrected chi connectivity index (χ1v) is 9.72. The molecule has 0 saturated heterocycles. The van der Waals surface area contributed by atoms with E-state index in [0.717, 1.165) is 0 Å². The molecule has 0 aliphatic heterocycles. The van der Waals surface area contributed by atoms with Crippen LogP contribution in [0.2, 0.25) is 0 Å². The number of amides is 1. The molecule has 0 fully saturated rings. The largest absolute Gasteiger partial charge is 0.481 e. The van der Waals surface area contributed by atoms with Gasteiger partial charge in [-0.2, -0.15) is 0 Å². The van der Waals surface area contributed by atoms with E-state index in [1.807, 2.05) is 0 Å². The highest BCUT2D eigenvalue weighted by Gasteiger charge is 2.15. The minimum Gasteiger partial charge on any atom is -0.481 e. The zero-order valence-electron chi connectivity index (χ0n) is 17.7. The molecule has 0 aliphatic carbocycles. The molecule has 0 radical (unpaired) electrons. The average Bonchev–Trinajstić information content (AvgIpc) is 2.61. The predicted molar refractivity (Wildman–Crippen MR) is 104 cm³/mol. The summed E-state index contributed by atoms with van der Waals surface area (Å²) < 4.78 is 26.3. The van der Waals surface area contributed by atoms with Gasteiger partial charge < -0.3 is 34.1 Å². The van der Waals surface area contributed by atoms with Crippen LogP contribution < -0.4 is 5.32 Å². The van der Waals surface area contributed by atoms with E-state index < -0.39 is 17.5 Å². The minimum absolute atomic E-state index is 0.0119. The summed E-state index contributed by atoms with van der Waals surface area (Å²) in [5.74, 6) is -1.66. The van der Waals surface area contributed by atoms with E-state index in [1.165, 1.54) is 0 Å². The quantitative estimate of drug-likeness (QED) is 0.243. The summed E-state index contributed by atoms with van der Waals surface area (Å²) in [4.78, 5) is 33.0. The van der Waals surface area contributed by atoms with Crippen LogP contribution in [0.15, 0.2) is 0 Å². The van der Waals surface area contributed by atoms with Crippen molar-refractivity contribution in [3.8, 4) is 0 Å². The SMILES string of the molecule is CC(C)(C)OC(=O)COCCOCCOCCOCCCNC(=O)CCC(=O)O. The molecule has 2 N–H and O–H groups in total. The number of hydrogen-bond donors (Lipinski definition) is 2. The van der Waals surface area contributed by atoms with Gasteiger partial charge in [0.1, 0.15) is 12.2 Å². The molecule has 29 heavy (non-hydrogen) atoms. The molecular formula is C19H35NO9. The van der Waals surface area contributed by atoms with Crippen LogP contribution in [-0.2, 0) is 38.1 Å². The fourth-order valence-electron chi connectivity index (χ4n) is 1.90. The number of carbonyl (C=O) groups is 3. The second-order valence-electron chi connectivity index (χ2n) is 7.07. The molecule has 170 valence electrons. The van der Waals surface area contributed by atoms with E-state index in [0.29, 0.717) is 59.2 Å². The lowest BCUT2D eigenvalue weighted by atomic mass is 10.2. The maximum Gasteiger partial charge on any atom is 0.332 e. The smallest absolute Gasteiger partial charge is 0.332 e. The topological polar surface area (TPSA) is 130 Å². The van der Waals surface area contributed by atoms with Crippen molar-refractivity contribution in [2.45, 2.75) is 45.6 Å². The molecule has 0 bridgehead atoms. The Balaban J connectivity index is 3.23. The van der Waals surface area contributed by atoms with Gasteiger partial charge in [-0.3, -0.25) is 9.59 Å². The first-order valence-electron chi connectivity index (χ1n) is 9.72. The fraction of sp³-hybridized carbons (Fsp3) is 0.842. The number of aliphatic carboxylic acids is 1. The normalized spacial score (nSPS) is 11.3. The third-order valence-electron chi connectivity index (χ3n) is 3.11. The van der Waals surface area contributed by atoms with Crippen LogP contribution in [0.25, 0.3) is 0 Å². The molecule has 0 rings (SSSR count). The maximum atomic E-state index is 11.4. The van der Waals surface area contributed by atoms with Gasteiger partial charge in [-0.1, -0.05) is 0 Å². The van der Waals surface area contributed by atoms with Gasteiger partial charge in [0.15, 0.2) is 0 Å². The highest BCUT2D eigenvalue weighted by Crippen LogP contribution is 2.06. The number of carboxylic acids is 1. The van der Waals surface area contributed by atoms with E-state index in [2.05, 4.69) is 5.32 Å². The van der Waals surface area contributed by atoms with Crippen LogP contribution in [0.5, 0.6) is 0 Å². The molecule has 0 aromatic rings. The molecule has 0 heterocycles. The van der Waals surface area contributed by atoms with Crippen molar-refractivity contribution in [3.63, 3.8) is 0 Å². The number of ether oxygens (including phenoxy) is 5. The number of nitrogens with one attached hydrogen (secondary N) is 1. The Hall–Kier alpha value is -1.75. The number of rotatable bonds is 18. The van der Waals surface area contributed by atoms with Crippen molar-refractivity contribution < 1.29 is 43.2 Å². The van der Waals surface area contributed by atoms with Crippen molar-refractivity contribution in [2.24, 2.45) is 0 Å². The van der Waals surface area contributed by atoms with Crippen molar-refractivity contribution in [3.05, 3.63) is 0 Å². The molecule has 0 aromatic carbocycles. The Labute approximate surface area is 172 Å². The van der Waals surface area contributed by atoms with Crippen LogP contribution >= 0.6 is 0 Å². The molecule has 1 amide bonds. The third-order valence-corrected chi connectivity index (χ3v) is 3.11. The van der Waals surface area contributed by atoms with E-state index in [1.54, 1.807) is 20.8 Å². The van der Waals surface area contributed by atoms with Gasteiger partial charge in [-0.15, -0.1) is 0 Å². The third kappa shape index (κ3) is 22.4. The van der Waals surface area contributed by atoms with Crippen molar-refractivity contribution in [1.29, 1.82) is 0 Å². The summed E-state index contributed by atoms with van der Waals surface area (Å²) >= 11 is 0. The van der Waals surface area contributed by atoms with Crippen LogP contribution in [0.3, 0.4) is 0 Å². The summed E-state index contributed by atoms with van der Waals surface area (Å²) in [6, 6.07) is 0. The zero-order valence-corrected chi connectivity index (χ0v) is 17.7. The Morgan fingerprint density at radius 3 is 1.83 bits per heavy atom. The standard InChI is InChI=1S/C19H35NO9/c1-19(2,3)29-18(24)15-28-14-13-27-12-11-26-10-9-25-8-4-7-20-16(21)5-6-17(22)23/h4-15H2,1-3H3,(H,20,21)(H,22,23). The number of carboxylic acid groups (broad SMARTS) is 1. The van der Waals surface area contributed by atoms with E-state index in [9.17, 15) is 14.4 Å². The summed E-state index contributed by atoms with van der Waals surface area (Å²) in [5.41, 5.74) is -0.517. The summed E-state index contributed by atoms with van der Waals surface area (Å²) in [7, 11) is 0. The minimum atomic E-state index is -0.986. The highest BCUT2D eigenvalue weighted by atomic mass is 16.6. The van der Waals surface area contributed by atoms with Gasteiger partial charge in [-0.05, 0) is 27.2 Å². The summed E-state index contributed by atoms with van der Waals surface area (Å²) in [5, 5.41) is 11.1. The van der Waals surface area contributed by atoms with Gasteiger partial charge in [0.05, 0.1) is 46.1 Å². The second-order valence-corrected chi connectivity index (χ2v) is 7.07. The summed E-state index contributed by atoms with van der Waals surface area (Å²) in [6.45, 7) is 8.60. The van der Waals surface area contributed by atoms with Crippen molar-refractivity contribution in [2.75, 3.05) is 59.4 Å². The Bertz CT molecular complexity index is 463. The molecule has 0 unspecified atom stereocenters. The first-order chi connectivity index (χ1) is 13.7. The van der Waals surface area contributed by atoms with Crippen LogP contribution in [0.4, 0.5) is 0 Å². The number of carbonyl (C=O) groups excluding carboxylic acids is 2. The molecule has 0 spiro atoms. The van der Waals surface area contributed by atoms with Crippen LogP contribution in [0, 0.1) is 0 Å². The van der Waals surface area contributed by atoms with E-state index in [4.69, 9.17) is 28.8 Å². The second kappa shape index (κ2) is 17.1. The molecule has 0 aliphatic rings. The monoisotopic (exact) mass is 421 g/mol. The average molecular weight is 421 g/mol. The number of hydrogen-bond acceptors (Lipinski definition) is 8. The highest BCUT2D eigenvalue weighted by molar-refractivity contribution is 5.80. The lowest BCUT2D eigenvalue weighted by Crippen LogP contribution is -2.27. The van der Waals surface area contributed by atoms with Crippen molar-refractivity contribution >= 4 is 17.8 Å². The van der Waals surface area contributed by atoms with Crippen molar-refractivity contribution in [1.82, 2.24) is 5.32 Å². The van der Waals surface area contributed by atoms with E-state index >= 15 is 0 Å². The molecule has 10 heteroatoms. The molecule has 0 saturated carbocycles. The molecule has 0 atom stereocenters. The van der Waals surface area contributed by atoms with Gasteiger partial charge in [-0.25, -0.2) is 4.79 Å². The van der Waals surface area contributed by atoms with Gasteiger partial charge in [0.25, 0.3) is 0 Å². The Morgan fingerprint density at radius 2 is 1.31 bits per heavy atom. The van der Waals surface area contributed by atoms with Crippen LogP contribution in [-0.4, -0.2) is 88.0 Å². The zero-order chi connectivity index (χ0) is 22.0.